The van der Waals surface area contributed by atoms with E-state index >= 15 is 0 Å². The van der Waals surface area contributed by atoms with Gasteiger partial charge in [-0.25, -0.2) is 9.59 Å². The van der Waals surface area contributed by atoms with E-state index in [1.54, 1.807) is 19.1 Å². The number of ether oxygens (including phenoxy) is 3. The van der Waals surface area contributed by atoms with Gasteiger partial charge in [0.05, 0.1) is 29.4 Å². The highest BCUT2D eigenvalue weighted by Gasteiger charge is 2.37. The Balaban J connectivity index is 1.19. The van der Waals surface area contributed by atoms with E-state index in [4.69, 9.17) is 31.5 Å². The minimum Gasteiger partial charge on any atom is -0.462 e. The van der Waals surface area contributed by atoms with Crippen LogP contribution in [-0.2, 0) is 42.8 Å². The van der Waals surface area contributed by atoms with Crippen molar-refractivity contribution in [1.82, 2.24) is 19.6 Å². The number of nitrogen functional groups attached to an aromatic ring is 1. The summed E-state index contributed by atoms with van der Waals surface area (Å²) in [6, 6.07) is 9.41. The van der Waals surface area contributed by atoms with Gasteiger partial charge >= 0.3 is 24.3 Å². The third kappa shape index (κ3) is 11.9. The summed E-state index contributed by atoms with van der Waals surface area (Å²) in [5.41, 5.74) is 5.76. The van der Waals surface area contributed by atoms with Crippen molar-refractivity contribution in [3.8, 4) is 0 Å². The third-order valence-electron chi connectivity index (χ3n) is 11.4. The van der Waals surface area contributed by atoms with Gasteiger partial charge in [-0.05, 0) is 92.8 Å². The number of hydrogen-bond donors (Lipinski definition) is 2. The van der Waals surface area contributed by atoms with Gasteiger partial charge < -0.3 is 40.0 Å². The third-order valence-corrected chi connectivity index (χ3v) is 11.7. The summed E-state index contributed by atoms with van der Waals surface area (Å²) < 4.78 is 57.5. The number of likely N-dealkylation sites (N-methyl/N-ethyl adjacent to an activating group) is 1. The van der Waals surface area contributed by atoms with Crippen molar-refractivity contribution in [1.29, 1.82) is 0 Å². The fraction of sp³-hybridized carbons (Fsp3) is 0.600. The first-order chi connectivity index (χ1) is 27.1. The van der Waals surface area contributed by atoms with E-state index in [0.717, 1.165) is 43.2 Å². The first-order valence-corrected chi connectivity index (χ1v) is 19.9. The second-order valence-corrected chi connectivity index (χ2v) is 15.6. The molecular formula is C40H54ClF3N6O7. The van der Waals surface area contributed by atoms with Gasteiger partial charge in [0.2, 0.25) is 0 Å². The molecule has 2 atom stereocenters. The molecule has 3 heterocycles. The minimum absolute atomic E-state index is 0.0376. The molecule has 2 saturated heterocycles. The van der Waals surface area contributed by atoms with E-state index in [2.05, 4.69) is 17.1 Å². The van der Waals surface area contributed by atoms with Crippen LogP contribution in [0.15, 0.2) is 36.4 Å². The Bertz CT molecular complexity index is 1720. The number of alkyl halides is 3. The zero-order valence-corrected chi connectivity index (χ0v) is 33.6. The standard InChI is InChI=1S/C40H54ClF3N6O7/c1-26(28-9-15-48(16-10-28)25-35(51)56-21-20-55-3)8-14-47(2)37(52)34(24-27-22-31(40(42,43)44)36(45)32(41)23-27)57-39(54)49-17-12-30(13-18-49)50-19-11-29-6-4-5-7-33(29)46-38(50)53/h4-7,22-23,26,28,30,34H,8-21,24-25,45H2,1-3H3,(H,46,53)/t26?,34-/m1/s1. The van der Waals surface area contributed by atoms with Crippen LogP contribution in [0.3, 0.4) is 0 Å². The van der Waals surface area contributed by atoms with Gasteiger partial charge in [-0.3, -0.25) is 14.5 Å². The monoisotopic (exact) mass is 822 g/mol. The van der Waals surface area contributed by atoms with Crippen LogP contribution in [0.2, 0.25) is 5.02 Å². The number of nitrogens with zero attached hydrogens (tertiary/aromatic N) is 4. The summed E-state index contributed by atoms with van der Waals surface area (Å²) in [6.07, 6.45) is -3.34. The van der Waals surface area contributed by atoms with Crippen LogP contribution in [0.4, 0.5) is 34.1 Å². The van der Waals surface area contributed by atoms with Crippen LogP contribution in [0.5, 0.6) is 0 Å². The van der Waals surface area contributed by atoms with Crippen molar-refractivity contribution in [3.63, 3.8) is 0 Å². The number of urea groups is 1. The number of para-hydroxylation sites is 1. The summed E-state index contributed by atoms with van der Waals surface area (Å²) in [4.78, 5) is 59.6. The van der Waals surface area contributed by atoms with Crippen LogP contribution in [0, 0.1) is 11.8 Å². The van der Waals surface area contributed by atoms with Crippen LogP contribution in [0.25, 0.3) is 0 Å². The van der Waals surface area contributed by atoms with E-state index in [1.807, 2.05) is 24.3 Å². The molecule has 2 aromatic carbocycles. The normalized spacial score (nSPS) is 18.3. The summed E-state index contributed by atoms with van der Waals surface area (Å²) in [5.74, 6) is -0.263. The molecule has 13 nitrogen and oxygen atoms in total. The number of nitrogens with one attached hydrogen (secondary N) is 1. The van der Waals surface area contributed by atoms with E-state index in [-0.39, 0.29) is 67.2 Å². The zero-order valence-electron chi connectivity index (χ0n) is 32.8. The van der Waals surface area contributed by atoms with E-state index < -0.39 is 35.5 Å². The summed E-state index contributed by atoms with van der Waals surface area (Å²) in [7, 11) is 3.13. The molecule has 0 radical (unpaired) electrons. The molecule has 5 rings (SSSR count). The topological polar surface area (TPSA) is 147 Å². The predicted molar refractivity (Wildman–Crippen MR) is 209 cm³/mol. The number of carbonyl (C=O) groups excluding carboxylic acids is 4. The maximum Gasteiger partial charge on any atom is 0.418 e. The van der Waals surface area contributed by atoms with Crippen LogP contribution in [-0.4, -0.2) is 129 Å². The molecule has 0 bridgehead atoms. The SMILES string of the molecule is COCCOC(=O)CN1CCC(C(C)CCN(C)C(=O)[C@@H](Cc2cc(Cl)c(N)c(C(F)(F)F)c2)OC(=O)N2CCC(N3CCc4ccccc4NC3=O)CC2)CC1. The highest BCUT2D eigenvalue weighted by molar-refractivity contribution is 6.33. The fourth-order valence-electron chi connectivity index (χ4n) is 7.85. The van der Waals surface area contributed by atoms with Gasteiger partial charge in [0, 0.05) is 58.5 Å². The van der Waals surface area contributed by atoms with Gasteiger partial charge in [-0.1, -0.05) is 36.7 Å². The number of amides is 4. The highest BCUT2D eigenvalue weighted by Crippen LogP contribution is 2.38. The molecular weight excluding hydrogens is 769 g/mol. The Hall–Kier alpha value is -4.28. The van der Waals surface area contributed by atoms with Crippen molar-refractivity contribution >= 4 is 47.0 Å². The molecule has 57 heavy (non-hydrogen) atoms. The number of carbonyl (C=O) groups is 4. The number of fused-ring (bicyclic) bond motifs is 1. The van der Waals surface area contributed by atoms with Gasteiger partial charge in [0.15, 0.2) is 6.10 Å². The molecule has 3 N–H and O–H groups in total. The van der Waals surface area contributed by atoms with Gasteiger partial charge in [-0.15, -0.1) is 0 Å². The van der Waals surface area contributed by atoms with E-state index in [9.17, 15) is 32.3 Å². The first kappa shape index (κ1) is 43.8. The number of anilines is 2. The minimum atomic E-state index is -4.80. The Morgan fingerprint density at radius 2 is 1.74 bits per heavy atom. The summed E-state index contributed by atoms with van der Waals surface area (Å²) >= 11 is 6.12. The van der Waals surface area contributed by atoms with Crippen LogP contribution < -0.4 is 11.1 Å². The summed E-state index contributed by atoms with van der Waals surface area (Å²) in [6.45, 7) is 5.73. The second kappa shape index (κ2) is 19.9. The van der Waals surface area contributed by atoms with Crippen molar-refractivity contribution in [3.05, 3.63) is 58.1 Å². The van der Waals surface area contributed by atoms with Gasteiger partial charge in [0.25, 0.3) is 5.91 Å². The number of hydrogen-bond acceptors (Lipinski definition) is 9. The number of halogens is 4. The van der Waals surface area contributed by atoms with Crippen LogP contribution >= 0.6 is 11.6 Å². The molecule has 0 spiro atoms. The Morgan fingerprint density at radius 3 is 2.42 bits per heavy atom. The smallest absolute Gasteiger partial charge is 0.418 e. The Labute approximate surface area is 336 Å². The van der Waals surface area contributed by atoms with Crippen molar-refractivity contribution in [2.24, 2.45) is 11.8 Å². The predicted octanol–water partition coefficient (Wildman–Crippen LogP) is 5.93. The largest absolute Gasteiger partial charge is 0.462 e. The molecule has 1 unspecified atom stereocenters. The lowest BCUT2D eigenvalue weighted by Gasteiger charge is -2.38. The van der Waals surface area contributed by atoms with Crippen molar-refractivity contribution in [2.45, 2.75) is 70.2 Å². The molecule has 314 valence electrons. The quantitative estimate of drug-likeness (QED) is 0.135. The average Bonchev–Trinajstić information content (AvgIpc) is 3.35. The van der Waals surface area contributed by atoms with Crippen molar-refractivity contribution < 1.29 is 46.6 Å². The average molecular weight is 823 g/mol. The fourth-order valence-corrected chi connectivity index (χ4v) is 8.09. The van der Waals surface area contributed by atoms with Gasteiger partial charge in [-0.2, -0.15) is 13.2 Å². The maximum absolute atomic E-state index is 14.0. The second-order valence-electron chi connectivity index (χ2n) is 15.2. The number of likely N-dealkylation sites (tertiary alicyclic amines) is 2. The number of benzene rings is 2. The number of nitrogens with two attached hydrogens (primary N) is 1. The molecule has 3 aliphatic rings. The Kier molecular flexibility index (Phi) is 15.3. The number of piperidine rings is 2. The maximum atomic E-state index is 14.0. The number of rotatable bonds is 14. The zero-order chi connectivity index (χ0) is 41.3. The molecule has 2 fully saturated rings. The lowest BCUT2D eigenvalue weighted by atomic mass is 9.83. The molecule has 0 aromatic heterocycles. The first-order valence-electron chi connectivity index (χ1n) is 19.5. The molecule has 4 amide bonds. The Morgan fingerprint density at radius 1 is 1.04 bits per heavy atom. The summed E-state index contributed by atoms with van der Waals surface area (Å²) in [5, 5.41) is 2.66. The lowest BCUT2D eigenvalue weighted by Crippen LogP contribution is -2.51. The van der Waals surface area contributed by atoms with Crippen molar-refractivity contribution in [2.75, 3.05) is 84.2 Å². The van der Waals surface area contributed by atoms with E-state index in [1.165, 1.54) is 15.9 Å². The molecule has 17 heteroatoms. The molecule has 3 aliphatic heterocycles. The molecule has 0 aliphatic carbocycles. The van der Waals surface area contributed by atoms with Crippen LogP contribution in [0.1, 0.15) is 55.7 Å². The van der Waals surface area contributed by atoms with Gasteiger partial charge in [0.1, 0.15) is 6.61 Å². The molecule has 0 saturated carbocycles. The highest BCUT2D eigenvalue weighted by atomic mass is 35.5. The number of methoxy groups -OCH3 is 1. The molecule has 2 aromatic rings. The van der Waals surface area contributed by atoms with E-state index in [0.29, 0.717) is 51.3 Å². The number of esters is 1. The lowest BCUT2D eigenvalue weighted by molar-refractivity contribution is -0.146.